The standard InChI is InChI=1S/C32H31FN4O3/c1-3-40-32(39)26-15-24(26)21-10-11-23(27(33)14-21)29-17-37-30(34-29)25(20-8-9-20)16-28(35-37)31(38)36-13-12-19-6-4-5-7-22(19)18(36)2/h4-7,10-11,14,16-18,20,24,26H,3,8-9,12-13,15H2,1-2H3/t18-,24-,26+/m1/s1. The summed E-state index contributed by atoms with van der Waals surface area (Å²) in [5.41, 5.74) is 6.14. The Morgan fingerprint density at radius 3 is 2.70 bits per heavy atom. The van der Waals surface area contributed by atoms with Crippen LogP contribution in [0.25, 0.3) is 16.9 Å². The zero-order valence-electron chi connectivity index (χ0n) is 22.6. The first kappa shape index (κ1) is 24.9. The summed E-state index contributed by atoms with van der Waals surface area (Å²) in [4.78, 5) is 32.5. The van der Waals surface area contributed by atoms with E-state index in [1.54, 1.807) is 23.7 Å². The second kappa shape index (κ2) is 9.54. The van der Waals surface area contributed by atoms with E-state index in [1.165, 1.54) is 17.2 Å². The SMILES string of the molecule is CCOC(=O)[C@H]1C[C@@H]1c1ccc(-c2cn3nc(C(=O)N4CCc5ccccc5[C@H]4C)cc(C4CC4)c3n2)c(F)c1. The van der Waals surface area contributed by atoms with Gasteiger partial charge in [0.25, 0.3) is 5.91 Å². The number of benzene rings is 2. The number of ether oxygens (including phenoxy) is 1. The molecular formula is C32H31FN4O3. The molecule has 1 amide bonds. The number of hydrogen-bond donors (Lipinski definition) is 0. The number of carbonyl (C=O) groups excluding carboxylic acids is 2. The summed E-state index contributed by atoms with van der Waals surface area (Å²) in [5.74, 6) is -0.585. The Hall–Kier alpha value is -4.07. The van der Waals surface area contributed by atoms with Crippen molar-refractivity contribution in [3.05, 3.63) is 88.5 Å². The molecule has 3 aliphatic rings. The predicted octanol–water partition coefficient (Wildman–Crippen LogP) is 5.84. The molecule has 7 nitrogen and oxygen atoms in total. The van der Waals surface area contributed by atoms with E-state index in [0.717, 1.165) is 30.4 Å². The van der Waals surface area contributed by atoms with Crippen LogP contribution in [0, 0.1) is 11.7 Å². The highest BCUT2D eigenvalue weighted by Gasteiger charge is 2.45. The van der Waals surface area contributed by atoms with Gasteiger partial charge in [-0.1, -0.05) is 30.3 Å². The van der Waals surface area contributed by atoms with Crippen LogP contribution >= 0.6 is 0 Å². The third-order valence-electron chi connectivity index (χ3n) is 8.62. The molecule has 204 valence electrons. The molecule has 2 fully saturated rings. The smallest absolute Gasteiger partial charge is 0.309 e. The highest BCUT2D eigenvalue weighted by atomic mass is 19.1. The normalized spacial score (nSPS) is 21.8. The highest BCUT2D eigenvalue weighted by molar-refractivity contribution is 5.93. The lowest BCUT2D eigenvalue weighted by molar-refractivity contribution is -0.144. The van der Waals surface area contributed by atoms with Gasteiger partial charge < -0.3 is 9.64 Å². The summed E-state index contributed by atoms with van der Waals surface area (Å²) in [6.45, 7) is 4.83. The van der Waals surface area contributed by atoms with Gasteiger partial charge in [-0.25, -0.2) is 13.9 Å². The van der Waals surface area contributed by atoms with Crippen molar-refractivity contribution in [1.29, 1.82) is 0 Å². The Labute approximate surface area is 232 Å². The van der Waals surface area contributed by atoms with E-state index in [1.807, 2.05) is 29.2 Å². The number of imidazole rings is 1. The fraction of sp³-hybridized carbons (Fsp3) is 0.375. The molecule has 2 saturated carbocycles. The van der Waals surface area contributed by atoms with E-state index < -0.39 is 0 Å². The van der Waals surface area contributed by atoms with E-state index in [2.05, 4.69) is 24.2 Å². The third-order valence-corrected chi connectivity index (χ3v) is 8.62. The molecule has 3 atom stereocenters. The molecule has 1 aliphatic heterocycles. The number of rotatable bonds is 6. The van der Waals surface area contributed by atoms with Crippen LogP contribution in [0.2, 0.25) is 0 Å². The van der Waals surface area contributed by atoms with E-state index in [-0.39, 0.29) is 35.6 Å². The summed E-state index contributed by atoms with van der Waals surface area (Å²) in [7, 11) is 0. The van der Waals surface area contributed by atoms with Crippen molar-refractivity contribution in [2.24, 2.45) is 5.92 Å². The van der Waals surface area contributed by atoms with Crippen LogP contribution in [-0.2, 0) is 16.0 Å². The Bertz CT molecular complexity index is 1660. The van der Waals surface area contributed by atoms with E-state index in [4.69, 9.17) is 9.72 Å². The van der Waals surface area contributed by atoms with Gasteiger partial charge in [-0.3, -0.25) is 9.59 Å². The van der Waals surface area contributed by atoms with Gasteiger partial charge in [0.05, 0.1) is 30.5 Å². The van der Waals surface area contributed by atoms with Gasteiger partial charge in [0.2, 0.25) is 0 Å². The van der Waals surface area contributed by atoms with Crippen LogP contribution in [0.5, 0.6) is 0 Å². The largest absolute Gasteiger partial charge is 0.466 e. The summed E-state index contributed by atoms with van der Waals surface area (Å²) in [6.07, 6.45) is 5.28. The lowest BCUT2D eigenvalue weighted by Crippen LogP contribution is -2.39. The first-order valence-electron chi connectivity index (χ1n) is 14.2. The fourth-order valence-corrected chi connectivity index (χ4v) is 6.17. The first-order chi connectivity index (χ1) is 19.4. The van der Waals surface area contributed by atoms with Crippen molar-refractivity contribution in [3.63, 3.8) is 0 Å². The maximum atomic E-state index is 15.4. The van der Waals surface area contributed by atoms with E-state index >= 15 is 4.39 Å². The van der Waals surface area contributed by atoms with Gasteiger partial charge in [0.1, 0.15) is 11.5 Å². The third kappa shape index (κ3) is 4.26. The van der Waals surface area contributed by atoms with Crippen LogP contribution in [0.4, 0.5) is 4.39 Å². The monoisotopic (exact) mass is 538 g/mol. The molecule has 8 heteroatoms. The van der Waals surface area contributed by atoms with Crippen molar-refractivity contribution < 1.29 is 18.7 Å². The topological polar surface area (TPSA) is 76.8 Å². The average molecular weight is 539 g/mol. The van der Waals surface area contributed by atoms with Crippen LogP contribution in [0.1, 0.15) is 83.7 Å². The quantitative estimate of drug-likeness (QED) is 0.288. The number of amides is 1. The summed E-state index contributed by atoms with van der Waals surface area (Å²) < 4.78 is 22.1. The molecule has 0 saturated heterocycles. The van der Waals surface area contributed by atoms with Crippen LogP contribution in [0.3, 0.4) is 0 Å². The molecule has 3 heterocycles. The molecule has 7 rings (SSSR count). The average Bonchev–Trinajstić information content (AvgIpc) is 3.89. The molecule has 4 aromatic rings. The molecule has 2 aromatic heterocycles. The number of hydrogen-bond acceptors (Lipinski definition) is 5. The molecule has 0 radical (unpaired) electrons. The Morgan fingerprint density at radius 1 is 1.10 bits per heavy atom. The van der Waals surface area contributed by atoms with Crippen molar-refractivity contribution in [2.75, 3.05) is 13.2 Å². The van der Waals surface area contributed by atoms with Crippen LogP contribution in [0.15, 0.2) is 54.7 Å². The molecule has 0 bridgehead atoms. The molecule has 0 N–H and O–H groups in total. The van der Waals surface area contributed by atoms with Crippen molar-refractivity contribution in [2.45, 2.75) is 57.4 Å². The number of carbonyl (C=O) groups is 2. The maximum Gasteiger partial charge on any atom is 0.309 e. The van der Waals surface area contributed by atoms with Gasteiger partial charge in [-0.2, -0.15) is 5.10 Å². The minimum Gasteiger partial charge on any atom is -0.466 e. The van der Waals surface area contributed by atoms with Crippen molar-refractivity contribution in [3.8, 4) is 11.3 Å². The molecule has 0 spiro atoms. The molecule has 2 aromatic carbocycles. The number of halogens is 1. The second-order valence-electron chi connectivity index (χ2n) is 11.2. The summed E-state index contributed by atoms with van der Waals surface area (Å²) in [5, 5.41) is 4.68. The Balaban J connectivity index is 1.20. The number of esters is 1. The molecule has 40 heavy (non-hydrogen) atoms. The second-order valence-corrected chi connectivity index (χ2v) is 11.2. The van der Waals surface area contributed by atoms with E-state index in [9.17, 15) is 9.59 Å². The Morgan fingerprint density at radius 2 is 1.93 bits per heavy atom. The first-order valence-corrected chi connectivity index (χ1v) is 14.2. The van der Waals surface area contributed by atoms with Gasteiger partial charge in [-0.15, -0.1) is 0 Å². The summed E-state index contributed by atoms with van der Waals surface area (Å²) >= 11 is 0. The van der Waals surface area contributed by atoms with Crippen molar-refractivity contribution in [1.82, 2.24) is 19.5 Å². The van der Waals surface area contributed by atoms with Crippen LogP contribution < -0.4 is 0 Å². The van der Waals surface area contributed by atoms with Gasteiger partial charge in [-0.05, 0) is 86.3 Å². The van der Waals surface area contributed by atoms with Crippen LogP contribution in [-0.4, -0.2) is 44.5 Å². The minimum atomic E-state index is -0.388. The zero-order chi connectivity index (χ0) is 27.5. The van der Waals surface area contributed by atoms with Gasteiger partial charge >= 0.3 is 5.97 Å². The minimum absolute atomic E-state index is 0.00970. The molecule has 0 unspecified atom stereocenters. The highest BCUT2D eigenvalue weighted by Crippen LogP contribution is 2.49. The lowest BCUT2D eigenvalue weighted by atomic mass is 9.93. The van der Waals surface area contributed by atoms with Crippen molar-refractivity contribution >= 4 is 17.5 Å². The summed E-state index contributed by atoms with van der Waals surface area (Å²) in [6, 6.07) is 15.2. The Kier molecular flexibility index (Phi) is 5.95. The number of aromatic nitrogens is 3. The van der Waals surface area contributed by atoms with Gasteiger partial charge in [0.15, 0.2) is 5.65 Å². The fourth-order valence-electron chi connectivity index (χ4n) is 6.17. The predicted molar refractivity (Wildman–Crippen MR) is 147 cm³/mol. The van der Waals surface area contributed by atoms with E-state index in [0.29, 0.717) is 48.1 Å². The lowest BCUT2D eigenvalue weighted by Gasteiger charge is -2.35. The zero-order valence-corrected chi connectivity index (χ0v) is 22.6. The maximum absolute atomic E-state index is 15.4. The molecule has 2 aliphatic carbocycles. The number of nitrogens with zero attached hydrogens (tertiary/aromatic N) is 4. The van der Waals surface area contributed by atoms with Gasteiger partial charge in [0, 0.05) is 17.7 Å². The molecular weight excluding hydrogens is 507 g/mol. The number of fused-ring (bicyclic) bond motifs is 2.